The highest BCUT2D eigenvalue weighted by atomic mass is 35.5. The minimum absolute atomic E-state index is 0.0176. The van der Waals surface area contributed by atoms with Crippen LogP contribution >= 0.6 is 68.3 Å². The van der Waals surface area contributed by atoms with E-state index in [1.165, 1.54) is 29.6 Å². The number of hydrogen-bond acceptors (Lipinski definition) is 21. The van der Waals surface area contributed by atoms with Crippen molar-refractivity contribution in [1.29, 1.82) is 10.5 Å². The molecule has 28 heteroatoms. The number of aromatic nitrogens is 11. The summed E-state index contributed by atoms with van der Waals surface area (Å²) in [6.45, 7) is 3.06. The fraction of sp³-hybridized carbons (Fsp3) is 0.0843. The molecule has 0 saturated carbocycles. The van der Waals surface area contributed by atoms with Gasteiger partial charge in [0, 0.05) is 104 Å². The summed E-state index contributed by atoms with van der Waals surface area (Å²) in [5.41, 5.74) is 6.51. The number of rotatable bonds is 15. The molecular formula is C83H63ClN14O8S5. The monoisotopic (exact) mass is 1580 g/mol. The molecule has 22 nitrogen and oxygen atoms in total. The number of thiophene rings is 5. The predicted octanol–water partition coefficient (Wildman–Crippen LogP) is 17.7. The SMILES string of the molecule is CC(=O)N1CCC(C(=O)n2ccc(/C=C/c3cccs3)n2)CC1.N#Cc1ccc(C(=O)n2ccc(/C=C/c3cccs3)n2)cc1.N#Cc1cccc(C(=O)n2ccc(/C=C/c3cccs3)n2)c1.O=C(c1ccc(Cl)nc1)n1ccc(/C=C/c2cccs2)n1.O=C(c1ccc2c(c1)OCO2)n1ccc(/C=C/c2cccs2)n1. The van der Waals surface area contributed by atoms with Gasteiger partial charge in [-0.2, -0.15) is 36.0 Å². The number of carbonyl (C=O) groups is 6. The first kappa shape index (κ1) is 77.4. The maximum atomic E-state index is 12.5. The number of ether oxygens (including phenoxy) is 2. The Hall–Kier alpha value is -13.3. The summed E-state index contributed by atoms with van der Waals surface area (Å²) in [7, 11) is 0. The first-order chi connectivity index (χ1) is 54.2. The molecule has 1 fully saturated rings. The van der Waals surface area contributed by atoms with E-state index < -0.39 is 0 Å². The molecule has 0 N–H and O–H groups in total. The fourth-order valence-corrected chi connectivity index (χ4v) is 13.8. The maximum Gasteiger partial charge on any atom is 0.279 e. The Morgan fingerprint density at radius 2 is 0.793 bits per heavy atom. The standard InChI is InChI=1S/C17H19N3O2S.2C17H11N3OS.C17H12N2O3S.C15H10ClN3OS/c1-13(21)19-9-6-14(7-10-19)17(22)20-11-8-15(18-20)4-5-16-3-2-12-23-16;18-12-13-3-1-4-14(11-13)17(21)20-9-8-15(19-20)6-7-16-5-2-10-22-16;18-12-13-3-5-14(6-4-13)17(21)20-10-9-15(19-20)7-8-16-2-1-11-22-16;20-17(12-3-6-15-16(10-12)22-11-21-15)19-8-7-13(18-19)4-5-14-2-1-9-23-14;16-14-6-3-11(10-17-14)15(20)19-8-7-12(18-19)4-5-13-2-1-9-21-13/h2-5,8,11-12,14H,6-7,9-10H2,1H3;2*1-11H;1-10H,11H2;1-10H/b5-4+;7-6+;8-7+;2*5-4+. The van der Waals surface area contributed by atoms with Crippen LogP contribution in [-0.2, 0) is 4.79 Å². The first-order valence-electron chi connectivity index (χ1n) is 34.0. The molecular weight excluding hydrogens is 1520 g/mol. The van der Waals surface area contributed by atoms with Crippen LogP contribution in [0.4, 0.5) is 0 Å². The molecule has 2 aliphatic rings. The number of nitriles is 2. The van der Waals surface area contributed by atoms with Crippen molar-refractivity contribution in [1.82, 2.24) is 58.8 Å². The molecule has 11 aromatic heterocycles. The summed E-state index contributed by atoms with van der Waals surface area (Å²) in [6.07, 6.45) is 30.4. The molecule has 0 unspecified atom stereocenters. The van der Waals surface area contributed by atoms with E-state index in [0.29, 0.717) is 81.7 Å². The lowest BCUT2D eigenvalue weighted by Crippen LogP contribution is -2.40. The molecule has 550 valence electrons. The highest BCUT2D eigenvalue weighted by Gasteiger charge is 2.28. The Labute approximate surface area is 661 Å². The second-order valence-electron chi connectivity index (χ2n) is 23.8. The lowest BCUT2D eigenvalue weighted by molar-refractivity contribution is -0.130. The predicted molar refractivity (Wildman–Crippen MR) is 436 cm³/mol. The van der Waals surface area contributed by atoms with Gasteiger partial charge in [-0.15, -0.1) is 56.7 Å². The van der Waals surface area contributed by atoms with E-state index in [1.54, 1.807) is 203 Å². The van der Waals surface area contributed by atoms with Gasteiger partial charge in [-0.1, -0.05) is 48.0 Å². The number of likely N-dealkylation sites (tertiary alicyclic amines) is 1. The third-order valence-corrected chi connectivity index (χ3v) is 20.7. The summed E-state index contributed by atoms with van der Waals surface area (Å²) < 4.78 is 17.2. The minimum Gasteiger partial charge on any atom is -0.454 e. The zero-order chi connectivity index (χ0) is 77.3. The summed E-state index contributed by atoms with van der Waals surface area (Å²) in [5.74, 6) is 0.351. The summed E-state index contributed by atoms with van der Waals surface area (Å²) in [6, 6.07) is 54.5. The highest BCUT2D eigenvalue weighted by Crippen LogP contribution is 2.33. The molecule has 2 aliphatic heterocycles. The number of piperidine rings is 1. The number of fused-ring (bicyclic) bond motifs is 1. The van der Waals surface area contributed by atoms with Gasteiger partial charge in [0.1, 0.15) is 5.15 Å². The highest BCUT2D eigenvalue weighted by molar-refractivity contribution is 7.12. The van der Waals surface area contributed by atoms with Crippen LogP contribution in [-0.4, -0.2) is 114 Å². The molecule has 0 radical (unpaired) electrons. The maximum absolute atomic E-state index is 12.5. The number of pyridine rings is 1. The van der Waals surface area contributed by atoms with Gasteiger partial charge in [0.05, 0.1) is 57.3 Å². The van der Waals surface area contributed by atoms with E-state index in [1.807, 2.05) is 167 Å². The van der Waals surface area contributed by atoms with Crippen LogP contribution in [0.2, 0.25) is 5.15 Å². The van der Waals surface area contributed by atoms with E-state index >= 15 is 0 Å². The minimum atomic E-state index is -0.257. The average Bonchev–Trinajstić information content (AvgIpc) is 1.73. The molecule has 14 aromatic rings. The van der Waals surface area contributed by atoms with Crippen LogP contribution in [0.25, 0.3) is 60.8 Å². The molecule has 1 saturated heterocycles. The quantitative estimate of drug-likeness (QED) is 0.0863. The smallest absolute Gasteiger partial charge is 0.279 e. The van der Waals surface area contributed by atoms with Crippen molar-refractivity contribution in [3.05, 3.63) is 325 Å². The molecule has 111 heavy (non-hydrogen) atoms. The largest absolute Gasteiger partial charge is 0.454 e. The zero-order valence-electron chi connectivity index (χ0n) is 58.8. The second-order valence-corrected chi connectivity index (χ2v) is 29.1. The number of carbonyl (C=O) groups excluding carboxylic acids is 6. The molecule has 16 rings (SSSR count). The van der Waals surface area contributed by atoms with Crippen molar-refractivity contribution in [3.8, 4) is 23.6 Å². The number of amides is 1. The van der Waals surface area contributed by atoms with E-state index in [4.69, 9.17) is 31.6 Å². The number of nitrogens with zero attached hydrogens (tertiary/aromatic N) is 14. The summed E-state index contributed by atoms with van der Waals surface area (Å²) in [4.78, 5) is 84.5. The van der Waals surface area contributed by atoms with Gasteiger partial charge in [0.2, 0.25) is 18.6 Å². The normalized spacial score (nSPS) is 12.3. The van der Waals surface area contributed by atoms with E-state index in [9.17, 15) is 28.8 Å². The second kappa shape index (κ2) is 38.5. The molecule has 0 atom stereocenters. The van der Waals surface area contributed by atoms with E-state index in [2.05, 4.69) is 30.5 Å². The third-order valence-electron chi connectivity index (χ3n) is 16.3. The first-order valence-corrected chi connectivity index (χ1v) is 38.8. The number of hydrogen-bond donors (Lipinski definition) is 0. The van der Waals surface area contributed by atoms with Crippen LogP contribution in [0, 0.1) is 28.6 Å². The number of benzene rings is 3. The van der Waals surface area contributed by atoms with Crippen molar-refractivity contribution in [2.75, 3.05) is 19.9 Å². The van der Waals surface area contributed by atoms with Crippen molar-refractivity contribution < 1.29 is 38.2 Å². The molecule has 0 bridgehead atoms. The topological polar surface area (TPSA) is 274 Å². The Morgan fingerprint density at radius 3 is 1.19 bits per heavy atom. The van der Waals surface area contributed by atoms with Crippen LogP contribution in [0.3, 0.4) is 0 Å². The molecule has 3 aromatic carbocycles. The van der Waals surface area contributed by atoms with Crippen LogP contribution < -0.4 is 9.47 Å². The van der Waals surface area contributed by atoms with Crippen LogP contribution in [0.15, 0.2) is 234 Å². The Bertz CT molecular complexity index is 5730. The van der Waals surface area contributed by atoms with E-state index in [-0.39, 0.29) is 48.2 Å². The Balaban J connectivity index is 0.000000129. The Kier molecular flexibility index (Phi) is 26.8. The van der Waals surface area contributed by atoms with Crippen molar-refractivity contribution in [2.45, 2.75) is 19.8 Å². The van der Waals surface area contributed by atoms with Crippen LogP contribution in [0.1, 0.15) is 130 Å². The van der Waals surface area contributed by atoms with Gasteiger partial charge >= 0.3 is 0 Å². The van der Waals surface area contributed by atoms with Gasteiger partial charge < -0.3 is 14.4 Å². The van der Waals surface area contributed by atoms with Gasteiger partial charge in [-0.05, 0) is 234 Å². The van der Waals surface area contributed by atoms with E-state index in [0.717, 1.165) is 47.2 Å². The van der Waals surface area contributed by atoms with Crippen LogP contribution in [0.5, 0.6) is 11.5 Å². The molecule has 0 aliphatic carbocycles. The van der Waals surface area contributed by atoms with Crippen molar-refractivity contribution in [2.24, 2.45) is 5.92 Å². The molecule has 13 heterocycles. The molecule has 1 amide bonds. The Morgan fingerprint density at radius 1 is 0.414 bits per heavy atom. The lowest BCUT2D eigenvalue weighted by Gasteiger charge is -2.30. The van der Waals surface area contributed by atoms with Crippen molar-refractivity contribution in [3.63, 3.8) is 0 Å². The van der Waals surface area contributed by atoms with Gasteiger partial charge in [0.15, 0.2) is 11.5 Å². The summed E-state index contributed by atoms with van der Waals surface area (Å²) >= 11 is 13.9. The third kappa shape index (κ3) is 22.0. The fourth-order valence-electron chi connectivity index (χ4n) is 10.6. The average molecular weight is 1580 g/mol. The summed E-state index contributed by atoms with van der Waals surface area (Å²) in [5, 5.41) is 49.4. The van der Waals surface area contributed by atoms with Gasteiger partial charge in [-0.25, -0.2) is 28.4 Å². The zero-order valence-corrected chi connectivity index (χ0v) is 63.7. The lowest BCUT2D eigenvalue weighted by atomic mass is 9.96. The van der Waals surface area contributed by atoms with Crippen molar-refractivity contribution >= 4 is 164 Å². The number of halogens is 1. The van der Waals surface area contributed by atoms with Gasteiger partial charge in [0.25, 0.3) is 23.6 Å². The van der Waals surface area contributed by atoms with Gasteiger partial charge in [-0.3, -0.25) is 28.8 Å². The molecule has 0 spiro atoms.